The van der Waals surface area contributed by atoms with Gasteiger partial charge in [-0.05, 0) is 19.8 Å². The van der Waals surface area contributed by atoms with Crippen molar-refractivity contribution in [3.8, 4) is 0 Å². The fourth-order valence-electron chi connectivity index (χ4n) is 1.09. The van der Waals surface area contributed by atoms with Gasteiger partial charge in [-0.2, -0.15) is 0 Å². The van der Waals surface area contributed by atoms with Crippen LogP contribution in [-0.2, 0) is 4.74 Å². The Hall–Kier alpha value is -1.39. The third kappa shape index (κ3) is 1.68. The molecule has 0 saturated heterocycles. The van der Waals surface area contributed by atoms with Crippen LogP contribution < -0.4 is 0 Å². The van der Waals surface area contributed by atoms with Crippen molar-refractivity contribution in [3.63, 3.8) is 0 Å². The number of hydrogen-bond acceptors (Lipinski definition) is 4. The van der Waals surface area contributed by atoms with Crippen molar-refractivity contribution in [2.45, 2.75) is 25.8 Å². The minimum absolute atomic E-state index is 0.300. The molecule has 1 aliphatic carbocycles. The van der Waals surface area contributed by atoms with Gasteiger partial charge in [0.1, 0.15) is 0 Å². The van der Waals surface area contributed by atoms with Crippen molar-refractivity contribution in [2.24, 2.45) is 0 Å². The number of hydrogen-bond donors (Lipinski definition) is 0. The highest BCUT2D eigenvalue weighted by molar-refractivity contribution is 5.86. The molecule has 2 rings (SSSR count). The van der Waals surface area contributed by atoms with Crippen LogP contribution >= 0.6 is 0 Å². The first-order valence-corrected chi connectivity index (χ1v) is 4.40. The molecule has 1 saturated carbocycles. The standard InChI is InChI=1S/C8H11N3O2/c1-2-13-8(12)7-5-11(10-9-7)6-3-4-6/h5-6H,2-4H2,1H3. The van der Waals surface area contributed by atoms with E-state index in [1.54, 1.807) is 17.8 Å². The van der Waals surface area contributed by atoms with Gasteiger partial charge >= 0.3 is 5.97 Å². The van der Waals surface area contributed by atoms with Crippen LogP contribution in [0.2, 0.25) is 0 Å². The van der Waals surface area contributed by atoms with Gasteiger partial charge < -0.3 is 4.74 Å². The molecule has 0 bridgehead atoms. The summed E-state index contributed by atoms with van der Waals surface area (Å²) in [6.07, 6.45) is 3.91. The summed E-state index contributed by atoms with van der Waals surface area (Å²) in [7, 11) is 0. The molecule has 0 radical (unpaired) electrons. The molecule has 0 unspecified atom stereocenters. The van der Waals surface area contributed by atoms with E-state index < -0.39 is 5.97 Å². The highest BCUT2D eigenvalue weighted by atomic mass is 16.5. The van der Waals surface area contributed by atoms with E-state index in [0.29, 0.717) is 18.3 Å². The third-order valence-electron chi connectivity index (χ3n) is 1.92. The number of esters is 1. The molecule has 0 aromatic carbocycles. The lowest BCUT2D eigenvalue weighted by Crippen LogP contribution is -2.04. The van der Waals surface area contributed by atoms with E-state index >= 15 is 0 Å². The van der Waals surface area contributed by atoms with Crippen molar-refractivity contribution in [2.75, 3.05) is 6.61 Å². The van der Waals surface area contributed by atoms with Crippen LogP contribution in [0.4, 0.5) is 0 Å². The highest BCUT2D eigenvalue weighted by Crippen LogP contribution is 2.33. The lowest BCUT2D eigenvalue weighted by molar-refractivity contribution is 0.0519. The van der Waals surface area contributed by atoms with Crippen LogP contribution in [-0.4, -0.2) is 27.6 Å². The zero-order valence-electron chi connectivity index (χ0n) is 7.43. The normalized spacial score (nSPS) is 15.8. The zero-order valence-corrected chi connectivity index (χ0v) is 7.43. The number of carbonyl (C=O) groups excluding carboxylic acids is 1. The molecule has 0 spiro atoms. The largest absolute Gasteiger partial charge is 0.461 e. The van der Waals surface area contributed by atoms with E-state index in [4.69, 9.17) is 4.74 Å². The Balaban J connectivity index is 2.07. The minimum atomic E-state index is -0.394. The molecule has 1 fully saturated rings. The summed E-state index contributed by atoms with van der Waals surface area (Å²) in [5.41, 5.74) is 0.300. The van der Waals surface area contributed by atoms with Crippen LogP contribution in [0.25, 0.3) is 0 Å². The SMILES string of the molecule is CCOC(=O)c1cn(C2CC2)nn1. The third-order valence-corrected chi connectivity index (χ3v) is 1.92. The molecule has 70 valence electrons. The van der Waals surface area contributed by atoms with Gasteiger partial charge in [0, 0.05) is 0 Å². The molecule has 0 N–H and O–H groups in total. The molecule has 0 aliphatic heterocycles. The van der Waals surface area contributed by atoms with Crippen LogP contribution in [0, 0.1) is 0 Å². The lowest BCUT2D eigenvalue weighted by atomic mass is 10.5. The molecule has 1 aliphatic rings. The van der Waals surface area contributed by atoms with E-state index in [1.165, 1.54) is 0 Å². The number of aromatic nitrogens is 3. The fourth-order valence-corrected chi connectivity index (χ4v) is 1.09. The maximum atomic E-state index is 11.2. The second kappa shape index (κ2) is 3.16. The molecule has 5 heteroatoms. The van der Waals surface area contributed by atoms with Gasteiger partial charge in [0.15, 0.2) is 5.69 Å². The Morgan fingerprint density at radius 1 is 1.77 bits per heavy atom. The molecule has 5 nitrogen and oxygen atoms in total. The molecule has 1 aromatic heterocycles. The van der Waals surface area contributed by atoms with E-state index in [0.717, 1.165) is 12.8 Å². The van der Waals surface area contributed by atoms with Crippen LogP contribution in [0.1, 0.15) is 36.3 Å². The Kier molecular flexibility index (Phi) is 2.00. The summed E-state index contributed by atoms with van der Waals surface area (Å²) in [5.74, 6) is -0.394. The second-order valence-electron chi connectivity index (χ2n) is 3.04. The summed E-state index contributed by atoms with van der Waals surface area (Å²) in [6.45, 7) is 2.14. The second-order valence-corrected chi connectivity index (χ2v) is 3.04. The van der Waals surface area contributed by atoms with Gasteiger partial charge in [0.25, 0.3) is 0 Å². The average Bonchev–Trinajstić information content (AvgIpc) is 2.84. The smallest absolute Gasteiger partial charge is 0.360 e. The zero-order chi connectivity index (χ0) is 9.26. The Labute approximate surface area is 75.7 Å². The molecular formula is C8H11N3O2. The molecular weight excluding hydrogens is 170 g/mol. The van der Waals surface area contributed by atoms with E-state index in [1.807, 2.05) is 0 Å². The Morgan fingerprint density at radius 2 is 2.54 bits per heavy atom. The molecule has 1 heterocycles. The van der Waals surface area contributed by atoms with Crippen molar-refractivity contribution < 1.29 is 9.53 Å². The molecule has 0 amide bonds. The monoisotopic (exact) mass is 181 g/mol. The van der Waals surface area contributed by atoms with Gasteiger partial charge in [-0.15, -0.1) is 5.10 Å². The number of nitrogens with zero attached hydrogens (tertiary/aromatic N) is 3. The van der Waals surface area contributed by atoms with Gasteiger partial charge in [-0.3, -0.25) is 0 Å². The molecule has 13 heavy (non-hydrogen) atoms. The number of carbonyl (C=O) groups is 1. The Bertz CT molecular complexity index is 317. The summed E-state index contributed by atoms with van der Waals surface area (Å²) < 4.78 is 6.52. The van der Waals surface area contributed by atoms with Crippen molar-refractivity contribution in [3.05, 3.63) is 11.9 Å². The van der Waals surface area contributed by atoms with Gasteiger partial charge in [-0.25, -0.2) is 9.48 Å². The van der Waals surface area contributed by atoms with Crippen molar-refractivity contribution >= 4 is 5.97 Å². The fraction of sp³-hybridized carbons (Fsp3) is 0.625. The summed E-state index contributed by atoms with van der Waals surface area (Å²) in [4.78, 5) is 11.2. The molecule has 0 atom stereocenters. The quantitative estimate of drug-likeness (QED) is 0.647. The van der Waals surface area contributed by atoms with Gasteiger partial charge in [0.2, 0.25) is 0 Å². The first kappa shape index (κ1) is 8.22. The Morgan fingerprint density at radius 3 is 3.15 bits per heavy atom. The first-order chi connectivity index (χ1) is 6.31. The van der Waals surface area contributed by atoms with E-state index in [2.05, 4.69) is 10.3 Å². The maximum absolute atomic E-state index is 11.2. The van der Waals surface area contributed by atoms with Gasteiger partial charge in [-0.1, -0.05) is 5.21 Å². The van der Waals surface area contributed by atoms with Crippen molar-refractivity contribution in [1.82, 2.24) is 15.0 Å². The number of rotatable bonds is 3. The minimum Gasteiger partial charge on any atom is -0.461 e. The van der Waals surface area contributed by atoms with E-state index in [-0.39, 0.29) is 0 Å². The maximum Gasteiger partial charge on any atom is 0.360 e. The summed E-state index contributed by atoms with van der Waals surface area (Å²) in [6, 6.07) is 0.454. The topological polar surface area (TPSA) is 57.0 Å². The number of ether oxygens (including phenoxy) is 1. The van der Waals surface area contributed by atoms with Crippen LogP contribution in [0.5, 0.6) is 0 Å². The predicted octanol–water partition coefficient (Wildman–Crippen LogP) is 0.790. The van der Waals surface area contributed by atoms with Gasteiger partial charge in [0.05, 0.1) is 18.8 Å². The van der Waals surface area contributed by atoms with Crippen LogP contribution in [0.15, 0.2) is 6.20 Å². The van der Waals surface area contributed by atoms with E-state index in [9.17, 15) is 4.79 Å². The van der Waals surface area contributed by atoms with Crippen molar-refractivity contribution in [1.29, 1.82) is 0 Å². The highest BCUT2D eigenvalue weighted by Gasteiger charge is 2.26. The van der Waals surface area contributed by atoms with Crippen LogP contribution in [0.3, 0.4) is 0 Å². The lowest BCUT2D eigenvalue weighted by Gasteiger charge is -1.95. The predicted molar refractivity (Wildman–Crippen MR) is 44.2 cm³/mol. The first-order valence-electron chi connectivity index (χ1n) is 4.40. The summed E-state index contributed by atoms with van der Waals surface area (Å²) in [5, 5.41) is 7.58. The molecule has 1 aromatic rings. The average molecular weight is 181 g/mol. The summed E-state index contributed by atoms with van der Waals surface area (Å²) >= 11 is 0.